The SMILES string of the molecule is CC1(C)c2ccccc2-c2ccc(N(c3ccc(-c4ccccc4)cc3)c3ccc(-c4ccc5c(c4)-c4cc(-c6ccccc6)c6ccccc6c4C5(C)C)cc3)cc21. The second-order valence-corrected chi connectivity index (χ2v) is 17.3. The zero-order valence-electron chi connectivity index (χ0n) is 34.0. The largest absolute Gasteiger partial charge is 0.310 e. The van der Waals surface area contributed by atoms with E-state index in [1.807, 2.05) is 0 Å². The van der Waals surface area contributed by atoms with Crippen LogP contribution in [0.25, 0.3) is 66.4 Å². The van der Waals surface area contributed by atoms with Crippen LogP contribution in [0.2, 0.25) is 0 Å². The molecule has 0 saturated carbocycles. The molecule has 0 bridgehead atoms. The van der Waals surface area contributed by atoms with Crippen LogP contribution in [0, 0.1) is 0 Å². The standard InChI is InChI=1S/C58H45N/c1-57(2)53-22-14-13-20-47(53)48-33-32-45(36-55(48)57)59(43-28-23-39(24-29-43)38-15-7-5-8-16-38)44-30-25-40(26-31-44)42-27-34-54-51(35-42)52-37-50(41-17-9-6-10-18-41)46-19-11-12-21-49(46)56(52)58(54,3)4/h5-37H,1-4H3. The summed E-state index contributed by atoms with van der Waals surface area (Å²) in [4.78, 5) is 2.41. The van der Waals surface area contributed by atoms with Crippen molar-refractivity contribution in [3.05, 3.63) is 222 Å². The van der Waals surface area contributed by atoms with Crippen molar-refractivity contribution in [2.75, 3.05) is 4.90 Å². The average Bonchev–Trinajstić information content (AvgIpc) is 3.66. The molecule has 0 aromatic heterocycles. The van der Waals surface area contributed by atoms with Crippen molar-refractivity contribution < 1.29 is 0 Å². The van der Waals surface area contributed by atoms with Gasteiger partial charge in [0.25, 0.3) is 0 Å². The van der Waals surface area contributed by atoms with Gasteiger partial charge in [0.2, 0.25) is 0 Å². The quantitative estimate of drug-likeness (QED) is 0.163. The van der Waals surface area contributed by atoms with E-state index in [9.17, 15) is 0 Å². The molecule has 0 aliphatic heterocycles. The number of fused-ring (bicyclic) bond motifs is 8. The normalized spacial score (nSPS) is 14.0. The Morgan fingerprint density at radius 3 is 1.49 bits per heavy atom. The fourth-order valence-electron chi connectivity index (χ4n) is 10.3. The lowest BCUT2D eigenvalue weighted by atomic mass is 9.79. The highest BCUT2D eigenvalue weighted by molar-refractivity contribution is 6.06. The molecule has 9 aromatic rings. The van der Waals surface area contributed by atoms with Crippen LogP contribution in [0.4, 0.5) is 17.1 Å². The Balaban J connectivity index is 1.01. The van der Waals surface area contributed by atoms with Crippen molar-refractivity contribution in [2.24, 2.45) is 0 Å². The minimum atomic E-state index is -0.121. The van der Waals surface area contributed by atoms with E-state index in [4.69, 9.17) is 0 Å². The topological polar surface area (TPSA) is 3.24 Å². The van der Waals surface area contributed by atoms with Crippen molar-refractivity contribution in [2.45, 2.75) is 38.5 Å². The second kappa shape index (κ2) is 13.3. The highest BCUT2D eigenvalue weighted by Gasteiger charge is 2.38. The van der Waals surface area contributed by atoms with E-state index in [0.717, 1.165) is 17.1 Å². The Bertz CT molecular complexity index is 3060. The molecule has 0 N–H and O–H groups in total. The molecule has 0 heterocycles. The van der Waals surface area contributed by atoms with E-state index < -0.39 is 0 Å². The maximum absolute atomic E-state index is 2.45. The first-order valence-electron chi connectivity index (χ1n) is 20.8. The third-order valence-electron chi connectivity index (χ3n) is 13.3. The van der Waals surface area contributed by atoms with Crippen LogP contribution >= 0.6 is 0 Å². The summed E-state index contributed by atoms with van der Waals surface area (Å²) >= 11 is 0. The van der Waals surface area contributed by atoms with Crippen LogP contribution in [0.5, 0.6) is 0 Å². The van der Waals surface area contributed by atoms with E-state index in [-0.39, 0.29) is 10.8 Å². The van der Waals surface area contributed by atoms with Gasteiger partial charge in [0.05, 0.1) is 0 Å². The summed E-state index contributed by atoms with van der Waals surface area (Å²) < 4.78 is 0. The van der Waals surface area contributed by atoms with Gasteiger partial charge in [0.15, 0.2) is 0 Å². The molecule has 59 heavy (non-hydrogen) atoms. The molecule has 1 heteroatoms. The molecule has 0 unspecified atom stereocenters. The van der Waals surface area contributed by atoms with Crippen molar-refractivity contribution in [3.63, 3.8) is 0 Å². The Labute approximate surface area is 347 Å². The molecule has 282 valence electrons. The maximum Gasteiger partial charge on any atom is 0.0465 e. The molecule has 2 aliphatic rings. The summed E-state index contributed by atoms with van der Waals surface area (Å²) in [5.41, 5.74) is 21.5. The molecule has 1 nitrogen and oxygen atoms in total. The van der Waals surface area contributed by atoms with E-state index in [1.54, 1.807) is 0 Å². The minimum Gasteiger partial charge on any atom is -0.310 e. The fourth-order valence-corrected chi connectivity index (χ4v) is 10.3. The van der Waals surface area contributed by atoms with Gasteiger partial charge in [-0.3, -0.25) is 0 Å². The molecule has 0 atom stereocenters. The zero-order valence-corrected chi connectivity index (χ0v) is 34.0. The number of nitrogens with zero attached hydrogens (tertiary/aromatic N) is 1. The first-order chi connectivity index (χ1) is 28.8. The van der Waals surface area contributed by atoms with Crippen molar-refractivity contribution in [1.29, 1.82) is 0 Å². The fraction of sp³-hybridized carbons (Fsp3) is 0.103. The van der Waals surface area contributed by atoms with Crippen LogP contribution in [0.3, 0.4) is 0 Å². The van der Waals surface area contributed by atoms with Crippen LogP contribution < -0.4 is 4.90 Å². The van der Waals surface area contributed by atoms with Gasteiger partial charge in [-0.2, -0.15) is 0 Å². The molecule has 0 fully saturated rings. The molecule has 11 rings (SSSR count). The summed E-state index contributed by atoms with van der Waals surface area (Å²) in [7, 11) is 0. The third kappa shape index (κ3) is 5.53. The van der Waals surface area contributed by atoms with Crippen LogP contribution in [-0.2, 0) is 10.8 Å². The highest BCUT2D eigenvalue weighted by atomic mass is 15.1. The summed E-state index contributed by atoms with van der Waals surface area (Å²) in [6, 6.07) is 74.1. The van der Waals surface area contributed by atoms with Gasteiger partial charge in [0, 0.05) is 27.9 Å². The Hall–Kier alpha value is -6.96. The molecule has 2 aliphatic carbocycles. The predicted octanol–water partition coefficient (Wildman–Crippen LogP) is 15.9. The first kappa shape index (κ1) is 35.2. The van der Waals surface area contributed by atoms with E-state index in [1.165, 1.54) is 88.7 Å². The van der Waals surface area contributed by atoms with Crippen molar-refractivity contribution in [3.8, 4) is 55.6 Å². The first-order valence-corrected chi connectivity index (χ1v) is 20.8. The van der Waals surface area contributed by atoms with Crippen LogP contribution in [-0.4, -0.2) is 0 Å². The van der Waals surface area contributed by atoms with Crippen molar-refractivity contribution in [1.82, 2.24) is 0 Å². The number of hydrogen-bond acceptors (Lipinski definition) is 1. The average molecular weight is 756 g/mol. The number of rotatable bonds is 6. The molecule has 0 amide bonds. The van der Waals surface area contributed by atoms with E-state index in [2.05, 4.69) is 233 Å². The smallest absolute Gasteiger partial charge is 0.0465 e. The minimum absolute atomic E-state index is 0.0937. The molecule has 9 aromatic carbocycles. The highest BCUT2D eigenvalue weighted by Crippen LogP contribution is 2.54. The van der Waals surface area contributed by atoms with Gasteiger partial charge < -0.3 is 4.90 Å². The Kier molecular flexibility index (Phi) is 7.94. The zero-order chi connectivity index (χ0) is 39.9. The van der Waals surface area contributed by atoms with Gasteiger partial charge in [-0.25, -0.2) is 0 Å². The summed E-state index contributed by atoms with van der Waals surface area (Å²) in [6.07, 6.45) is 0. The van der Waals surface area contributed by atoms with Crippen LogP contribution in [0.15, 0.2) is 200 Å². The lowest BCUT2D eigenvalue weighted by Gasteiger charge is -2.28. The maximum atomic E-state index is 2.45. The Morgan fingerprint density at radius 1 is 0.288 bits per heavy atom. The molecule has 0 spiro atoms. The summed E-state index contributed by atoms with van der Waals surface area (Å²) in [6.45, 7) is 9.49. The summed E-state index contributed by atoms with van der Waals surface area (Å²) in [5, 5.41) is 2.65. The Morgan fingerprint density at radius 2 is 0.797 bits per heavy atom. The third-order valence-corrected chi connectivity index (χ3v) is 13.3. The molecular weight excluding hydrogens is 711 g/mol. The van der Waals surface area contributed by atoms with E-state index in [0.29, 0.717) is 0 Å². The lowest BCUT2D eigenvalue weighted by molar-refractivity contribution is 0.660. The van der Waals surface area contributed by atoms with Gasteiger partial charge in [-0.05, 0) is 137 Å². The second-order valence-electron chi connectivity index (χ2n) is 17.3. The van der Waals surface area contributed by atoms with Gasteiger partial charge >= 0.3 is 0 Å². The predicted molar refractivity (Wildman–Crippen MR) is 250 cm³/mol. The lowest BCUT2D eigenvalue weighted by Crippen LogP contribution is -2.16. The molecule has 0 saturated heterocycles. The summed E-state index contributed by atoms with van der Waals surface area (Å²) in [5.74, 6) is 0. The van der Waals surface area contributed by atoms with Gasteiger partial charge in [-0.15, -0.1) is 0 Å². The number of hydrogen-bond donors (Lipinski definition) is 0. The van der Waals surface area contributed by atoms with Crippen LogP contribution in [0.1, 0.15) is 49.9 Å². The van der Waals surface area contributed by atoms with Crippen molar-refractivity contribution >= 4 is 27.8 Å². The van der Waals surface area contributed by atoms with E-state index >= 15 is 0 Å². The monoisotopic (exact) mass is 755 g/mol. The molecule has 0 radical (unpaired) electrons. The van der Waals surface area contributed by atoms with Gasteiger partial charge in [-0.1, -0.05) is 179 Å². The number of anilines is 3. The van der Waals surface area contributed by atoms with Gasteiger partial charge in [0.1, 0.15) is 0 Å². The number of benzene rings is 9. The molecular formula is C58H45N.